The Balaban J connectivity index is 1.84. The summed E-state index contributed by atoms with van der Waals surface area (Å²) in [7, 11) is 0. The zero-order chi connectivity index (χ0) is 17.1. The minimum absolute atomic E-state index is 0.344. The Morgan fingerprint density at radius 2 is 2.17 bits per heavy atom. The normalized spacial score (nSPS) is 13.2. The van der Waals surface area contributed by atoms with Gasteiger partial charge in [-0.2, -0.15) is 0 Å². The Kier molecular flexibility index (Phi) is 4.74. The summed E-state index contributed by atoms with van der Waals surface area (Å²) in [5, 5.41) is 0. The van der Waals surface area contributed by atoms with Crippen molar-refractivity contribution in [2.75, 3.05) is 11.5 Å². The average Bonchev–Trinajstić information content (AvgIpc) is 2.97. The molecule has 0 radical (unpaired) electrons. The maximum absolute atomic E-state index is 12.2. The highest BCUT2D eigenvalue weighted by molar-refractivity contribution is 5.94. The van der Waals surface area contributed by atoms with Crippen molar-refractivity contribution in [2.45, 2.75) is 40.3 Å². The maximum Gasteiger partial charge on any atom is 0.341 e. The first-order chi connectivity index (χ1) is 11.6. The van der Waals surface area contributed by atoms with Crippen LogP contribution in [0.2, 0.25) is 0 Å². The van der Waals surface area contributed by atoms with E-state index in [0.29, 0.717) is 37.0 Å². The van der Waals surface area contributed by atoms with Gasteiger partial charge in [-0.3, -0.25) is 0 Å². The summed E-state index contributed by atoms with van der Waals surface area (Å²) in [5.41, 5.74) is 2.59. The van der Waals surface area contributed by atoms with Crippen molar-refractivity contribution in [2.24, 2.45) is 5.92 Å². The van der Waals surface area contributed by atoms with E-state index in [0.717, 1.165) is 23.5 Å². The van der Waals surface area contributed by atoms with Crippen LogP contribution in [0.15, 0.2) is 24.5 Å². The van der Waals surface area contributed by atoms with Gasteiger partial charge >= 0.3 is 5.97 Å². The van der Waals surface area contributed by atoms with Crippen LogP contribution in [-0.2, 0) is 24.2 Å². The number of rotatable bonds is 5. The van der Waals surface area contributed by atoms with Gasteiger partial charge in [-0.25, -0.2) is 19.7 Å². The monoisotopic (exact) mass is 326 g/mol. The highest BCUT2D eigenvalue weighted by atomic mass is 16.5. The molecule has 0 amide bonds. The van der Waals surface area contributed by atoms with E-state index in [1.54, 1.807) is 25.3 Å². The molecule has 0 spiro atoms. The minimum atomic E-state index is -0.344. The summed E-state index contributed by atoms with van der Waals surface area (Å²) in [6.07, 6.45) is 4.45. The van der Waals surface area contributed by atoms with E-state index < -0.39 is 0 Å². The van der Waals surface area contributed by atoms with Crippen molar-refractivity contribution in [3.05, 3.63) is 47.2 Å². The lowest BCUT2D eigenvalue weighted by Crippen LogP contribution is -2.20. The second kappa shape index (κ2) is 6.95. The molecule has 2 aromatic rings. The van der Waals surface area contributed by atoms with Crippen molar-refractivity contribution in [3.63, 3.8) is 0 Å². The van der Waals surface area contributed by atoms with Gasteiger partial charge in [0.25, 0.3) is 0 Å². The van der Waals surface area contributed by atoms with E-state index in [-0.39, 0.29) is 5.97 Å². The van der Waals surface area contributed by atoms with Crippen molar-refractivity contribution < 1.29 is 9.53 Å². The lowest BCUT2D eigenvalue weighted by Gasteiger charge is -2.18. The van der Waals surface area contributed by atoms with Crippen LogP contribution in [-0.4, -0.2) is 27.5 Å². The predicted octanol–water partition coefficient (Wildman–Crippen LogP) is 2.77. The van der Waals surface area contributed by atoms with Crippen molar-refractivity contribution >= 4 is 11.8 Å². The third-order valence-corrected chi connectivity index (χ3v) is 3.88. The van der Waals surface area contributed by atoms with Crippen LogP contribution in [0, 0.1) is 5.92 Å². The third kappa shape index (κ3) is 3.37. The fraction of sp³-hybridized carbons (Fsp3) is 0.444. The molecule has 0 bridgehead atoms. The summed E-state index contributed by atoms with van der Waals surface area (Å²) in [6, 6.07) is 3.50. The Bertz CT molecular complexity index is 746. The zero-order valence-electron chi connectivity index (χ0n) is 14.3. The van der Waals surface area contributed by atoms with E-state index in [2.05, 4.69) is 28.8 Å². The topological polar surface area (TPSA) is 68.2 Å². The minimum Gasteiger partial charge on any atom is -0.462 e. The number of aromatic nitrogens is 3. The standard InChI is InChI=1S/C18H22N4O2/c1-4-24-18(23)14-6-5-7-19-17(14)22-10-13-9-20-16(8-12(2)3)21-15(13)11-22/h5-7,9,12H,4,8,10-11H2,1-3H3. The summed E-state index contributed by atoms with van der Waals surface area (Å²) < 4.78 is 5.13. The second-order valence-corrected chi connectivity index (χ2v) is 6.31. The molecular weight excluding hydrogens is 304 g/mol. The van der Waals surface area contributed by atoms with Crippen molar-refractivity contribution in [1.82, 2.24) is 15.0 Å². The van der Waals surface area contributed by atoms with Crippen LogP contribution < -0.4 is 4.90 Å². The van der Waals surface area contributed by atoms with Gasteiger partial charge in [0.1, 0.15) is 17.2 Å². The number of esters is 1. The lowest BCUT2D eigenvalue weighted by atomic mass is 10.1. The van der Waals surface area contributed by atoms with Gasteiger partial charge in [0.05, 0.1) is 18.8 Å². The van der Waals surface area contributed by atoms with Crippen LogP contribution in [0.3, 0.4) is 0 Å². The van der Waals surface area contributed by atoms with E-state index in [1.165, 1.54) is 0 Å². The first-order valence-corrected chi connectivity index (χ1v) is 8.29. The Morgan fingerprint density at radius 3 is 2.92 bits per heavy atom. The molecule has 1 aliphatic rings. The van der Waals surface area contributed by atoms with Crippen molar-refractivity contribution in [3.8, 4) is 0 Å². The van der Waals surface area contributed by atoms with Gasteiger partial charge in [0, 0.05) is 30.9 Å². The molecule has 1 aliphatic heterocycles. The molecule has 0 aliphatic carbocycles. The molecule has 0 saturated carbocycles. The van der Waals surface area contributed by atoms with Crippen LogP contribution in [0.1, 0.15) is 48.2 Å². The first kappa shape index (κ1) is 16.4. The molecule has 6 heteroatoms. The molecule has 0 aromatic carbocycles. The Morgan fingerprint density at radius 1 is 1.33 bits per heavy atom. The summed E-state index contributed by atoms with van der Waals surface area (Å²) >= 11 is 0. The van der Waals surface area contributed by atoms with Crippen LogP contribution >= 0.6 is 0 Å². The number of anilines is 1. The molecule has 3 rings (SSSR count). The van der Waals surface area contributed by atoms with Gasteiger partial charge in [0.2, 0.25) is 0 Å². The number of carbonyl (C=O) groups excluding carboxylic acids is 1. The van der Waals surface area contributed by atoms with Gasteiger partial charge < -0.3 is 9.64 Å². The maximum atomic E-state index is 12.2. The van der Waals surface area contributed by atoms with E-state index in [9.17, 15) is 4.79 Å². The summed E-state index contributed by atoms with van der Waals surface area (Å²) in [5.74, 6) is 1.69. The smallest absolute Gasteiger partial charge is 0.341 e. The molecule has 0 fully saturated rings. The van der Waals surface area contributed by atoms with E-state index in [1.807, 2.05) is 11.1 Å². The van der Waals surface area contributed by atoms with Crippen LogP contribution in [0.25, 0.3) is 0 Å². The van der Waals surface area contributed by atoms with Gasteiger partial charge in [-0.15, -0.1) is 0 Å². The highest BCUT2D eigenvalue weighted by Crippen LogP contribution is 2.28. The predicted molar refractivity (Wildman–Crippen MR) is 90.7 cm³/mol. The average molecular weight is 326 g/mol. The zero-order valence-corrected chi connectivity index (χ0v) is 14.3. The molecule has 2 aromatic heterocycles. The lowest BCUT2D eigenvalue weighted by molar-refractivity contribution is 0.0526. The quantitative estimate of drug-likeness (QED) is 0.787. The van der Waals surface area contributed by atoms with E-state index >= 15 is 0 Å². The molecule has 0 unspecified atom stereocenters. The number of nitrogens with zero attached hydrogens (tertiary/aromatic N) is 4. The van der Waals surface area contributed by atoms with Gasteiger partial charge in [-0.05, 0) is 25.0 Å². The number of hydrogen-bond acceptors (Lipinski definition) is 6. The van der Waals surface area contributed by atoms with Crippen LogP contribution in [0.5, 0.6) is 0 Å². The first-order valence-electron chi connectivity index (χ1n) is 8.29. The molecular formula is C18H22N4O2. The summed E-state index contributed by atoms with van der Waals surface area (Å²) in [4.78, 5) is 27.7. The molecule has 126 valence electrons. The summed E-state index contributed by atoms with van der Waals surface area (Å²) in [6.45, 7) is 7.74. The third-order valence-electron chi connectivity index (χ3n) is 3.88. The number of hydrogen-bond donors (Lipinski definition) is 0. The van der Waals surface area contributed by atoms with Gasteiger partial charge in [0.15, 0.2) is 0 Å². The number of fused-ring (bicyclic) bond motifs is 1. The second-order valence-electron chi connectivity index (χ2n) is 6.31. The Hall–Kier alpha value is -2.50. The fourth-order valence-electron chi connectivity index (χ4n) is 2.83. The number of carbonyl (C=O) groups is 1. The molecule has 6 nitrogen and oxygen atoms in total. The van der Waals surface area contributed by atoms with Gasteiger partial charge in [-0.1, -0.05) is 13.8 Å². The molecule has 0 N–H and O–H groups in total. The number of ether oxygens (including phenoxy) is 1. The fourth-order valence-corrected chi connectivity index (χ4v) is 2.83. The molecule has 0 saturated heterocycles. The van der Waals surface area contributed by atoms with E-state index in [4.69, 9.17) is 4.74 Å². The largest absolute Gasteiger partial charge is 0.462 e. The van der Waals surface area contributed by atoms with Crippen LogP contribution in [0.4, 0.5) is 5.82 Å². The van der Waals surface area contributed by atoms with Crippen molar-refractivity contribution in [1.29, 1.82) is 0 Å². The SMILES string of the molecule is CCOC(=O)c1cccnc1N1Cc2cnc(CC(C)C)nc2C1. The highest BCUT2D eigenvalue weighted by Gasteiger charge is 2.26. The Labute approximate surface area is 141 Å². The number of pyridine rings is 1. The molecule has 24 heavy (non-hydrogen) atoms. The molecule has 0 atom stereocenters. The molecule has 3 heterocycles.